The fourth-order valence-electron chi connectivity index (χ4n) is 1.89. The molecule has 3 N–H and O–H groups in total. The lowest BCUT2D eigenvalue weighted by molar-refractivity contribution is 0.460. The monoisotopic (exact) mass is 272 g/mol. The van der Waals surface area contributed by atoms with Crippen LogP contribution in [0.5, 0.6) is 11.6 Å². The van der Waals surface area contributed by atoms with Gasteiger partial charge in [-0.05, 0) is 37.0 Å². The van der Waals surface area contributed by atoms with E-state index >= 15 is 0 Å². The van der Waals surface area contributed by atoms with Gasteiger partial charge in [-0.15, -0.1) is 0 Å². The quantitative estimate of drug-likeness (QED) is 0.645. The van der Waals surface area contributed by atoms with Gasteiger partial charge >= 0.3 is 0 Å². The molecule has 1 unspecified atom stereocenters. The molecule has 0 amide bonds. The third-order valence-electron chi connectivity index (χ3n) is 3.25. The Morgan fingerprint density at radius 2 is 1.95 bits per heavy atom. The van der Waals surface area contributed by atoms with Crippen molar-refractivity contribution in [2.45, 2.75) is 33.1 Å². The molecule has 20 heavy (non-hydrogen) atoms. The summed E-state index contributed by atoms with van der Waals surface area (Å²) < 4.78 is 5.72. The predicted octanol–water partition coefficient (Wildman–Crippen LogP) is 3.38. The Morgan fingerprint density at radius 1 is 1.25 bits per heavy atom. The SMILES string of the molecule is CCC(C)c1ccc(Oc2cc(NN)nc(C)n2)cc1. The number of nitrogens with zero attached hydrogens (tertiary/aromatic N) is 2. The highest BCUT2D eigenvalue weighted by Crippen LogP contribution is 2.25. The van der Waals surface area contributed by atoms with Gasteiger partial charge in [-0.2, -0.15) is 4.98 Å². The van der Waals surface area contributed by atoms with E-state index in [0.29, 0.717) is 23.4 Å². The number of hydrazine groups is 1. The van der Waals surface area contributed by atoms with E-state index in [1.807, 2.05) is 12.1 Å². The van der Waals surface area contributed by atoms with E-state index in [1.165, 1.54) is 5.56 Å². The molecule has 5 heteroatoms. The zero-order valence-electron chi connectivity index (χ0n) is 12.1. The Kier molecular flexibility index (Phi) is 4.53. The van der Waals surface area contributed by atoms with Gasteiger partial charge in [0, 0.05) is 6.07 Å². The predicted molar refractivity (Wildman–Crippen MR) is 79.8 cm³/mol. The summed E-state index contributed by atoms with van der Waals surface area (Å²) in [6.07, 6.45) is 1.12. The van der Waals surface area contributed by atoms with Crippen molar-refractivity contribution in [3.63, 3.8) is 0 Å². The molecule has 1 aromatic heterocycles. The molecule has 1 aromatic carbocycles. The number of nitrogen functional groups attached to an aromatic ring is 1. The number of benzene rings is 1. The first-order valence-corrected chi connectivity index (χ1v) is 6.72. The Balaban J connectivity index is 2.15. The van der Waals surface area contributed by atoms with Crippen LogP contribution in [0.25, 0.3) is 0 Å². The molecule has 0 aliphatic heterocycles. The Labute approximate surface area is 119 Å². The summed E-state index contributed by atoms with van der Waals surface area (Å²) in [6.45, 7) is 6.18. The van der Waals surface area contributed by atoms with Crippen molar-refractivity contribution in [2.75, 3.05) is 5.43 Å². The average Bonchev–Trinajstić information content (AvgIpc) is 2.46. The highest BCUT2D eigenvalue weighted by molar-refractivity contribution is 5.39. The van der Waals surface area contributed by atoms with Gasteiger partial charge in [-0.25, -0.2) is 10.8 Å². The molecule has 0 saturated heterocycles. The average molecular weight is 272 g/mol. The molecule has 2 rings (SSSR count). The highest BCUT2D eigenvalue weighted by Gasteiger charge is 2.05. The van der Waals surface area contributed by atoms with Crippen LogP contribution in [-0.2, 0) is 0 Å². The van der Waals surface area contributed by atoms with E-state index in [1.54, 1.807) is 13.0 Å². The van der Waals surface area contributed by atoms with Crippen LogP contribution in [0.4, 0.5) is 5.82 Å². The second-order valence-corrected chi connectivity index (χ2v) is 4.76. The van der Waals surface area contributed by atoms with Crippen LogP contribution < -0.4 is 16.0 Å². The fourth-order valence-corrected chi connectivity index (χ4v) is 1.89. The van der Waals surface area contributed by atoms with E-state index in [-0.39, 0.29) is 0 Å². The number of anilines is 1. The molecule has 2 aromatic rings. The fraction of sp³-hybridized carbons (Fsp3) is 0.333. The number of hydrogen-bond acceptors (Lipinski definition) is 5. The maximum atomic E-state index is 5.72. The first-order valence-electron chi connectivity index (χ1n) is 6.72. The molecule has 0 bridgehead atoms. The zero-order chi connectivity index (χ0) is 14.5. The van der Waals surface area contributed by atoms with E-state index in [9.17, 15) is 0 Å². The van der Waals surface area contributed by atoms with Crippen LogP contribution in [0.15, 0.2) is 30.3 Å². The van der Waals surface area contributed by atoms with Crippen molar-refractivity contribution in [1.29, 1.82) is 0 Å². The Hall–Kier alpha value is -2.14. The number of hydrogen-bond donors (Lipinski definition) is 2. The van der Waals surface area contributed by atoms with Crippen LogP contribution in [0.2, 0.25) is 0 Å². The van der Waals surface area contributed by atoms with Crippen molar-refractivity contribution in [2.24, 2.45) is 5.84 Å². The lowest BCUT2D eigenvalue weighted by Gasteiger charge is -2.11. The Bertz CT molecular complexity index is 569. The van der Waals surface area contributed by atoms with Gasteiger partial charge in [0.25, 0.3) is 0 Å². The third kappa shape index (κ3) is 3.45. The van der Waals surface area contributed by atoms with E-state index in [0.717, 1.165) is 12.2 Å². The lowest BCUT2D eigenvalue weighted by Crippen LogP contribution is -2.09. The molecule has 0 spiro atoms. The van der Waals surface area contributed by atoms with Crippen molar-refractivity contribution in [3.05, 3.63) is 41.7 Å². The normalized spacial score (nSPS) is 12.0. The summed E-state index contributed by atoms with van der Waals surface area (Å²) >= 11 is 0. The minimum Gasteiger partial charge on any atom is -0.439 e. The minimum absolute atomic E-state index is 0.474. The number of nitrogens with two attached hydrogens (primary N) is 1. The highest BCUT2D eigenvalue weighted by atomic mass is 16.5. The minimum atomic E-state index is 0.474. The molecule has 106 valence electrons. The van der Waals surface area contributed by atoms with E-state index < -0.39 is 0 Å². The van der Waals surface area contributed by atoms with Crippen LogP contribution in [0.3, 0.4) is 0 Å². The van der Waals surface area contributed by atoms with Gasteiger partial charge in [-0.1, -0.05) is 26.0 Å². The topological polar surface area (TPSA) is 73.1 Å². The van der Waals surface area contributed by atoms with Gasteiger partial charge in [0.1, 0.15) is 17.4 Å². The molecule has 1 atom stereocenters. The number of aryl methyl sites for hydroxylation is 1. The first-order chi connectivity index (χ1) is 9.62. The first kappa shape index (κ1) is 14.3. The number of nitrogens with one attached hydrogen (secondary N) is 1. The van der Waals surface area contributed by atoms with Gasteiger partial charge in [0.15, 0.2) is 0 Å². The van der Waals surface area contributed by atoms with E-state index in [2.05, 4.69) is 41.4 Å². The van der Waals surface area contributed by atoms with Crippen molar-refractivity contribution >= 4 is 5.82 Å². The number of rotatable bonds is 5. The molecule has 0 saturated carbocycles. The number of ether oxygens (including phenoxy) is 1. The number of aromatic nitrogens is 2. The summed E-state index contributed by atoms with van der Waals surface area (Å²) in [6, 6.07) is 9.73. The largest absolute Gasteiger partial charge is 0.439 e. The molecular weight excluding hydrogens is 252 g/mol. The molecule has 0 aliphatic rings. The van der Waals surface area contributed by atoms with E-state index in [4.69, 9.17) is 10.6 Å². The standard InChI is InChI=1S/C15H20N4O/c1-4-10(2)12-5-7-13(8-6-12)20-15-9-14(19-16)17-11(3)18-15/h5-10H,4,16H2,1-3H3,(H,17,18,19). The van der Waals surface area contributed by atoms with Gasteiger partial charge in [-0.3, -0.25) is 0 Å². The summed E-state index contributed by atoms with van der Waals surface area (Å²) in [5, 5.41) is 0. The summed E-state index contributed by atoms with van der Waals surface area (Å²) in [5.41, 5.74) is 3.80. The molecule has 5 nitrogen and oxygen atoms in total. The molecule has 0 fully saturated rings. The van der Waals surface area contributed by atoms with Crippen LogP contribution in [-0.4, -0.2) is 9.97 Å². The van der Waals surface area contributed by atoms with Crippen molar-refractivity contribution < 1.29 is 4.74 Å². The molecular formula is C15H20N4O. The van der Waals surface area contributed by atoms with Gasteiger partial charge in [0.2, 0.25) is 5.88 Å². The van der Waals surface area contributed by atoms with Crippen LogP contribution in [0, 0.1) is 6.92 Å². The molecule has 0 aliphatic carbocycles. The summed E-state index contributed by atoms with van der Waals surface area (Å²) in [4.78, 5) is 8.34. The van der Waals surface area contributed by atoms with Gasteiger partial charge in [0.05, 0.1) is 0 Å². The lowest BCUT2D eigenvalue weighted by atomic mass is 9.99. The maximum absolute atomic E-state index is 5.72. The molecule has 1 heterocycles. The van der Waals surface area contributed by atoms with Crippen LogP contribution >= 0.6 is 0 Å². The van der Waals surface area contributed by atoms with Crippen molar-refractivity contribution in [1.82, 2.24) is 9.97 Å². The maximum Gasteiger partial charge on any atom is 0.224 e. The second-order valence-electron chi connectivity index (χ2n) is 4.76. The summed E-state index contributed by atoms with van der Waals surface area (Å²) in [5.74, 6) is 8.26. The summed E-state index contributed by atoms with van der Waals surface area (Å²) in [7, 11) is 0. The van der Waals surface area contributed by atoms with Crippen molar-refractivity contribution in [3.8, 4) is 11.6 Å². The Morgan fingerprint density at radius 3 is 2.55 bits per heavy atom. The van der Waals surface area contributed by atoms with Gasteiger partial charge < -0.3 is 10.2 Å². The van der Waals surface area contributed by atoms with Crippen LogP contribution in [0.1, 0.15) is 37.6 Å². The zero-order valence-corrected chi connectivity index (χ0v) is 12.1. The molecule has 0 radical (unpaired) electrons. The third-order valence-corrected chi connectivity index (χ3v) is 3.25. The smallest absolute Gasteiger partial charge is 0.224 e. The second kappa shape index (κ2) is 6.34.